The standard InChI is InChI=1S/C13H19N5O5/c1-4-5-8(19)6-7-17-9-10(14-12(17)18(22)23)15(2)13(21)16(3)11(9)20/h8,19H,4-7H2,1-3H3. The van der Waals surface area contributed by atoms with Crippen molar-refractivity contribution in [2.45, 2.75) is 38.8 Å². The molecule has 0 aliphatic carbocycles. The lowest BCUT2D eigenvalue weighted by molar-refractivity contribution is -0.396. The second-order valence-corrected chi connectivity index (χ2v) is 5.43. The maximum atomic E-state index is 12.3. The molecule has 1 unspecified atom stereocenters. The fraction of sp³-hybridized carbons (Fsp3) is 0.615. The van der Waals surface area contributed by atoms with Crippen LogP contribution in [0.3, 0.4) is 0 Å². The molecule has 0 bridgehead atoms. The van der Waals surface area contributed by atoms with E-state index in [1.54, 1.807) is 0 Å². The molecule has 10 heteroatoms. The van der Waals surface area contributed by atoms with E-state index in [0.717, 1.165) is 20.1 Å². The minimum absolute atomic E-state index is 0.00926. The summed E-state index contributed by atoms with van der Waals surface area (Å²) in [7, 11) is 2.70. The Morgan fingerprint density at radius 3 is 2.48 bits per heavy atom. The second kappa shape index (κ2) is 6.32. The van der Waals surface area contributed by atoms with Crippen LogP contribution in [-0.2, 0) is 20.6 Å². The first-order chi connectivity index (χ1) is 10.8. The Kier molecular flexibility index (Phi) is 4.64. The first kappa shape index (κ1) is 16.9. The van der Waals surface area contributed by atoms with Gasteiger partial charge in [0, 0.05) is 20.5 Å². The maximum absolute atomic E-state index is 12.3. The van der Waals surface area contributed by atoms with E-state index in [9.17, 15) is 24.8 Å². The minimum Gasteiger partial charge on any atom is -0.393 e. The molecule has 2 rings (SSSR count). The molecule has 0 fully saturated rings. The Labute approximate surface area is 130 Å². The molecule has 1 N–H and O–H groups in total. The smallest absolute Gasteiger partial charge is 0.393 e. The summed E-state index contributed by atoms with van der Waals surface area (Å²) in [6.07, 6.45) is 0.987. The Bertz CT molecular complexity index is 862. The maximum Gasteiger partial charge on any atom is 0.437 e. The largest absolute Gasteiger partial charge is 0.437 e. The zero-order chi connectivity index (χ0) is 17.3. The highest BCUT2D eigenvalue weighted by Crippen LogP contribution is 2.18. The minimum atomic E-state index is -0.698. The third-order valence-electron chi connectivity index (χ3n) is 3.80. The Morgan fingerprint density at radius 1 is 1.26 bits per heavy atom. The summed E-state index contributed by atoms with van der Waals surface area (Å²) in [5.74, 6) is -0.512. The number of aromatic nitrogens is 4. The van der Waals surface area contributed by atoms with Gasteiger partial charge in [0.1, 0.15) is 0 Å². The first-order valence-electron chi connectivity index (χ1n) is 7.28. The second-order valence-electron chi connectivity index (χ2n) is 5.43. The van der Waals surface area contributed by atoms with Gasteiger partial charge in [-0.05, 0) is 16.3 Å². The van der Waals surface area contributed by atoms with Gasteiger partial charge in [-0.15, -0.1) is 0 Å². The molecule has 0 radical (unpaired) electrons. The zero-order valence-electron chi connectivity index (χ0n) is 13.2. The molecule has 0 saturated heterocycles. The first-order valence-corrected chi connectivity index (χ1v) is 7.28. The van der Waals surface area contributed by atoms with Gasteiger partial charge < -0.3 is 15.2 Å². The number of rotatable bonds is 6. The molecule has 0 aromatic carbocycles. The average molecular weight is 325 g/mol. The van der Waals surface area contributed by atoms with Crippen molar-refractivity contribution in [3.05, 3.63) is 31.0 Å². The summed E-state index contributed by atoms with van der Waals surface area (Å²) in [6, 6.07) is 0. The van der Waals surface area contributed by atoms with Crippen LogP contribution in [0, 0.1) is 10.1 Å². The summed E-state index contributed by atoms with van der Waals surface area (Å²) in [6.45, 7) is 1.99. The van der Waals surface area contributed by atoms with Gasteiger partial charge >= 0.3 is 11.6 Å². The van der Waals surface area contributed by atoms with Gasteiger partial charge in [0.15, 0.2) is 0 Å². The van der Waals surface area contributed by atoms with Crippen LogP contribution in [-0.4, -0.2) is 34.8 Å². The number of fused-ring (bicyclic) bond motifs is 1. The van der Waals surface area contributed by atoms with Gasteiger partial charge in [0.2, 0.25) is 5.52 Å². The van der Waals surface area contributed by atoms with Crippen molar-refractivity contribution in [3.8, 4) is 0 Å². The predicted molar refractivity (Wildman–Crippen MR) is 82.4 cm³/mol. The number of aliphatic hydroxyl groups excluding tert-OH is 1. The van der Waals surface area contributed by atoms with Crippen LogP contribution in [0.5, 0.6) is 0 Å². The van der Waals surface area contributed by atoms with Gasteiger partial charge in [0.25, 0.3) is 11.2 Å². The molecule has 0 aliphatic heterocycles. The van der Waals surface area contributed by atoms with Gasteiger partial charge in [-0.2, -0.15) is 0 Å². The van der Waals surface area contributed by atoms with E-state index < -0.39 is 28.2 Å². The fourth-order valence-corrected chi connectivity index (χ4v) is 2.54. The lowest BCUT2D eigenvalue weighted by Crippen LogP contribution is -2.37. The van der Waals surface area contributed by atoms with Gasteiger partial charge in [-0.25, -0.2) is 9.36 Å². The van der Waals surface area contributed by atoms with E-state index in [1.165, 1.54) is 14.1 Å². The highest BCUT2D eigenvalue weighted by molar-refractivity contribution is 5.72. The molecule has 0 amide bonds. The van der Waals surface area contributed by atoms with E-state index in [1.807, 2.05) is 6.92 Å². The fourth-order valence-electron chi connectivity index (χ4n) is 2.54. The van der Waals surface area contributed by atoms with E-state index in [0.29, 0.717) is 6.42 Å². The van der Waals surface area contributed by atoms with Crippen LogP contribution in [0.2, 0.25) is 0 Å². The van der Waals surface area contributed by atoms with Crippen LogP contribution < -0.4 is 11.2 Å². The van der Waals surface area contributed by atoms with Crippen molar-refractivity contribution < 1.29 is 10.0 Å². The van der Waals surface area contributed by atoms with Crippen LogP contribution in [0.25, 0.3) is 11.2 Å². The Morgan fingerprint density at radius 2 is 1.91 bits per heavy atom. The van der Waals surface area contributed by atoms with Crippen molar-refractivity contribution >= 4 is 17.1 Å². The number of imidazole rings is 1. The van der Waals surface area contributed by atoms with Crippen molar-refractivity contribution in [3.63, 3.8) is 0 Å². The number of hydrogen-bond donors (Lipinski definition) is 1. The van der Waals surface area contributed by atoms with Gasteiger partial charge in [-0.1, -0.05) is 13.3 Å². The summed E-state index contributed by atoms with van der Waals surface area (Å²) in [4.78, 5) is 38.6. The number of hydrogen-bond acceptors (Lipinski definition) is 6. The molecule has 2 aromatic heterocycles. The molecule has 126 valence electrons. The lowest BCUT2D eigenvalue weighted by Gasteiger charge is -2.09. The van der Waals surface area contributed by atoms with Crippen molar-refractivity contribution in [2.75, 3.05) is 0 Å². The predicted octanol–water partition coefficient (Wildman–Crippen LogP) is -0.107. The average Bonchev–Trinajstić information content (AvgIpc) is 2.89. The number of aliphatic hydroxyl groups is 1. The van der Waals surface area contributed by atoms with Crippen LogP contribution >= 0.6 is 0 Å². The molecular formula is C13H19N5O5. The topological polar surface area (TPSA) is 125 Å². The molecular weight excluding hydrogens is 306 g/mol. The Balaban J connectivity index is 2.66. The van der Waals surface area contributed by atoms with Gasteiger partial charge in [0.05, 0.1) is 12.6 Å². The lowest BCUT2D eigenvalue weighted by atomic mass is 10.1. The molecule has 2 aromatic rings. The van der Waals surface area contributed by atoms with Gasteiger partial charge in [-0.3, -0.25) is 13.9 Å². The molecule has 2 heterocycles. The monoisotopic (exact) mass is 325 g/mol. The normalized spacial score (nSPS) is 12.7. The van der Waals surface area contributed by atoms with E-state index in [-0.39, 0.29) is 24.1 Å². The third kappa shape index (κ3) is 2.89. The molecule has 0 spiro atoms. The molecule has 1 atom stereocenters. The van der Waals surface area contributed by atoms with Crippen molar-refractivity contribution in [2.24, 2.45) is 14.1 Å². The molecule has 23 heavy (non-hydrogen) atoms. The van der Waals surface area contributed by atoms with Crippen LogP contribution in [0.4, 0.5) is 5.95 Å². The van der Waals surface area contributed by atoms with E-state index in [2.05, 4.69) is 4.98 Å². The quantitative estimate of drug-likeness (QED) is 0.583. The zero-order valence-corrected chi connectivity index (χ0v) is 13.2. The Hall–Kier alpha value is -2.49. The highest BCUT2D eigenvalue weighted by atomic mass is 16.6. The number of nitro groups is 1. The third-order valence-corrected chi connectivity index (χ3v) is 3.80. The number of aryl methyl sites for hydroxylation is 2. The molecule has 0 saturated carbocycles. The van der Waals surface area contributed by atoms with Crippen LogP contribution in [0.1, 0.15) is 26.2 Å². The summed E-state index contributed by atoms with van der Waals surface area (Å²) in [5.41, 5.74) is -1.29. The summed E-state index contributed by atoms with van der Waals surface area (Å²) < 4.78 is 3.14. The van der Waals surface area contributed by atoms with Crippen LogP contribution in [0.15, 0.2) is 9.59 Å². The molecule has 0 aliphatic rings. The van der Waals surface area contributed by atoms with E-state index >= 15 is 0 Å². The van der Waals surface area contributed by atoms with Crippen molar-refractivity contribution in [1.29, 1.82) is 0 Å². The SMILES string of the molecule is CCCC(O)CCn1c([N+](=O)[O-])nc2c1c(=O)n(C)c(=O)n2C. The number of nitrogens with zero attached hydrogens (tertiary/aromatic N) is 5. The van der Waals surface area contributed by atoms with E-state index in [4.69, 9.17) is 0 Å². The highest BCUT2D eigenvalue weighted by Gasteiger charge is 2.28. The molecule has 10 nitrogen and oxygen atoms in total. The summed E-state index contributed by atoms with van der Waals surface area (Å²) >= 11 is 0. The van der Waals surface area contributed by atoms with Crippen molar-refractivity contribution in [1.82, 2.24) is 18.7 Å². The summed E-state index contributed by atoms with van der Waals surface area (Å²) in [5, 5.41) is 21.0.